The zero-order chi connectivity index (χ0) is 25.4. The van der Waals surface area contributed by atoms with Crippen molar-refractivity contribution in [3.63, 3.8) is 0 Å². The van der Waals surface area contributed by atoms with Gasteiger partial charge in [-0.15, -0.1) is 0 Å². The molecule has 0 radical (unpaired) electrons. The largest absolute Gasteiger partial charge is 0.273 e. The van der Waals surface area contributed by atoms with Crippen LogP contribution in [0.15, 0.2) is 69.8 Å². The van der Waals surface area contributed by atoms with Gasteiger partial charge in [0.05, 0.1) is 11.2 Å². The summed E-state index contributed by atoms with van der Waals surface area (Å²) in [5.41, 5.74) is 7.35. The van der Waals surface area contributed by atoms with Crippen LogP contribution in [0.2, 0.25) is 5.02 Å². The van der Waals surface area contributed by atoms with Crippen molar-refractivity contribution < 1.29 is 0 Å². The fourth-order valence-corrected chi connectivity index (χ4v) is 5.14. The molecular formula is C30H40ClN3O. The van der Waals surface area contributed by atoms with Crippen LogP contribution in [0.25, 0.3) is 5.82 Å². The predicted octanol–water partition coefficient (Wildman–Crippen LogP) is 8.19. The maximum Gasteiger partial charge on any atom is 0.273 e. The van der Waals surface area contributed by atoms with Gasteiger partial charge in [0, 0.05) is 12.3 Å². The van der Waals surface area contributed by atoms with E-state index in [2.05, 4.69) is 56.9 Å². The molecule has 2 aromatic rings. The van der Waals surface area contributed by atoms with Gasteiger partial charge in [0.2, 0.25) is 0 Å². The molecule has 0 fully saturated rings. The molecule has 4 nitrogen and oxygen atoms in total. The summed E-state index contributed by atoms with van der Waals surface area (Å²) in [6.07, 6.45) is 18.1. The van der Waals surface area contributed by atoms with E-state index >= 15 is 0 Å². The van der Waals surface area contributed by atoms with Crippen molar-refractivity contribution in [2.24, 2.45) is 5.41 Å². The molecule has 1 aliphatic rings. The number of halogens is 1. The summed E-state index contributed by atoms with van der Waals surface area (Å²) in [5.74, 6) is 0.472. The van der Waals surface area contributed by atoms with Gasteiger partial charge in [-0.2, -0.15) is 9.78 Å². The quantitative estimate of drug-likeness (QED) is 0.313. The van der Waals surface area contributed by atoms with Crippen LogP contribution in [-0.4, -0.2) is 14.8 Å². The Labute approximate surface area is 215 Å². The van der Waals surface area contributed by atoms with Gasteiger partial charge in [-0.1, -0.05) is 59.9 Å². The third-order valence-corrected chi connectivity index (χ3v) is 7.42. The minimum atomic E-state index is -0.179. The summed E-state index contributed by atoms with van der Waals surface area (Å²) in [4.78, 5) is 16.6. The van der Waals surface area contributed by atoms with Crippen LogP contribution in [0.3, 0.4) is 0 Å². The van der Waals surface area contributed by atoms with E-state index in [1.807, 2.05) is 0 Å². The molecule has 0 aromatic carbocycles. The van der Waals surface area contributed by atoms with Crippen molar-refractivity contribution in [3.05, 3.63) is 86.0 Å². The lowest BCUT2D eigenvalue weighted by atomic mass is 9.71. The van der Waals surface area contributed by atoms with E-state index in [9.17, 15) is 4.79 Å². The maximum atomic E-state index is 12.4. The van der Waals surface area contributed by atoms with Crippen LogP contribution in [0.5, 0.6) is 0 Å². The zero-order valence-electron chi connectivity index (χ0n) is 22.0. The van der Waals surface area contributed by atoms with E-state index in [-0.39, 0.29) is 5.56 Å². The Morgan fingerprint density at radius 3 is 2.51 bits per heavy atom. The van der Waals surface area contributed by atoms with E-state index < -0.39 is 0 Å². The molecule has 2 aromatic heterocycles. The number of hydrogen-bond acceptors (Lipinski definition) is 3. The Hall–Kier alpha value is -2.46. The van der Waals surface area contributed by atoms with Gasteiger partial charge in [0.25, 0.3) is 5.56 Å². The first-order valence-corrected chi connectivity index (χ1v) is 13.2. The summed E-state index contributed by atoms with van der Waals surface area (Å²) in [7, 11) is 0. The van der Waals surface area contributed by atoms with Gasteiger partial charge in [0.15, 0.2) is 5.82 Å². The first kappa shape index (κ1) is 27.1. The molecule has 35 heavy (non-hydrogen) atoms. The van der Waals surface area contributed by atoms with Crippen molar-refractivity contribution in [3.8, 4) is 5.82 Å². The van der Waals surface area contributed by atoms with Crippen molar-refractivity contribution in [2.45, 2.75) is 92.4 Å². The van der Waals surface area contributed by atoms with Crippen LogP contribution in [0.4, 0.5) is 0 Å². The molecule has 0 aliphatic heterocycles. The molecule has 0 bridgehead atoms. The number of pyridine rings is 1. The molecular weight excluding hydrogens is 454 g/mol. The van der Waals surface area contributed by atoms with Gasteiger partial charge in [-0.05, 0) is 102 Å². The molecule has 0 spiro atoms. The predicted molar refractivity (Wildman–Crippen MR) is 147 cm³/mol. The topological polar surface area (TPSA) is 47.8 Å². The van der Waals surface area contributed by atoms with Crippen molar-refractivity contribution in [2.75, 3.05) is 0 Å². The molecule has 5 heteroatoms. The van der Waals surface area contributed by atoms with Crippen LogP contribution in [0, 0.1) is 5.41 Å². The van der Waals surface area contributed by atoms with Gasteiger partial charge < -0.3 is 0 Å². The molecule has 0 atom stereocenters. The molecule has 188 valence electrons. The lowest BCUT2D eigenvalue weighted by Crippen LogP contribution is -2.21. The molecule has 2 heterocycles. The lowest BCUT2D eigenvalue weighted by molar-refractivity contribution is 0.354. The minimum absolute atomic E-state index is 0.179. The second-order valence-corrected chi connectivity index (χ2v) is 11.1. The summed E-state index contributed by atoms with van der Waals surface area (Å²) < 4.78 is 1.29. The van der Waals surface area contributed by atoms with E-state index in [0.717, 1.165) is 31.2 Å². The molecule has 0 saturated heterocycles. The van der Waals surface area contributed by atoms with Crippen molar-refractivity contribution >= 4 is 11.6 Å². The Kier molecular flexibility index (Phi) is 9.68. The number of rotatable bonds is 10. The molecule has 3 rings (SSSR count). The summed E-state index contributed by atoms with van der Waals surface area (Å²) in [5, 5.41) is 4.81. The van der Waals surface area contributed by atoms with Crippen molar-refractivity contribution in [1.29, 1.82) is 0 Å². The lowest BCUT2D eigenvalue weighted by Gasteiger charge is -2.35. The molecule has 1 aliphatic carbocycles. The van der Waals surface area contributed by atoms with Crippen molar-refractivity contribution in [1.82, 2.24) is 14.8 Å². The fourth-order valence-electron chi connectivity index (χ4n) is 5.03. The van der Waals surface area contributed by atoms with E-state index in [1.165, 1.54) is 54.1 Å². The Balaban J connectivity index is 1.44. The number of aromatic nitrogens is 3. The molecule has 0 unspecified atom stereocenters. The monoisotopic (exact) mass is 493 g/mol. The van der Waals surface area contributed by atoms with E-state index in [4.69, 9.17) is 11.6 Å². The number of nitrogens with zero attached hydrogens (tertiary/aromatic N) is 3. The number of allylic oxidation sites excluding steroid dienone is 6. The Morgan fingerprint density at radius 2 is 1.83 bits per heavy atom. The first-order valence-electron chi connectivity index (χ1n) is 12.9. The highest BCUT2D eigenvalue weighted by atomic mass is 35.5. The average Bonchev–Trinajstić information content (AvgIpc) is 2.79. The smallest absolute Gasteiger partial charge is 0.267 e. The summed E-state index contributed by atoms with van der Waals surface area (Å²) in [6, 6.07) is 5.03. The highest BCUT2D eigenvalue weighted by Crippen LogP contribution is 2.42. The van der Waals surface area contributed by atoms with Crippen LogP contribution in [0.1, 0.15) is 91.5 Å². The third kappa shape index (κ3) is 8.03. The van der Waals surface area contributed by atoms with E-state index in [0.29, 0.717) is 16.3 Å². The molecule has 0 amide bonds. The SMILES string of the molecule is CC1=C(CC/C(C)=C/CC/C(C)=C/CCc2cnn(-c3ccc(Cl)cn3)c(=O)c2)C(C)(C)CCC1. The third-order valence-electron chi connectivity index (χ3n) is 7.20. The molecule has 0 N–H and O–H groups in total. The number of hydrogen-bond donors (Lipinski definition) is 0. The van der Waals surface area contributed by atoms with Crippen LogP contribution >= 0.6 is 11.6 Å². The standard InChI is InChI=1S/C30H40ClN3O/c1-22(9-6-10-23(2)14-16-27-24(3)12-8-18-30(27,4)5)11-7-13-25-19-29(35)34(33-20-25)28-17-15-26(31)21-32-28/h10-11,15,17,19-21H,6-9,12-14,16,18H2,1-5H3/b22-11+,23-10+. The van der Waals surface area contributed by atoms with Gasteiger partial charge in [0.1, 0.15) is 0 Å². The van der Waals surface area contributed by atoms with Crippen LogP contribution < -0.4 is 5.56 Å². The summed E-state index contributed by atoms with van der Waals surface area (Å²) >= 11 is 5.87. The zero-order valence-corrected chi connectivity index (χ0v) is 22.8. The van der Waals surface area contributed by atoms with Crippen LogP contribution in [-0.2, 0) is 6.42 Å². The van der Waals surface area contributed by atoms with Gasteiger partial charge in [-0.25, -0.2) is 4.98 Å². The maximum absolute atomic E-state index is 12.4. The highest BCUT2D eigenvalue weighted by Gasteiger charge is 2.27. The average molecular weight is 494 g/mol. The van der Waals surface area contributed by atoms with E-state index in [1.54, 1.807) is 35.5 Å². The van der Waals surface area contributed by atoms with Gasteiger partial charge in [-0.3, -0.25) is 4.79 Å². The highest BCUT2D eigenvalue weighted by molar-refractivity contribution is 6.30. The van der Waals surface area contributed by atoms with Gasteiger partial charge >= 0.3 is 0 Å². The minimum Gasteiger partial charge on any atom is -0.267 e. The Bertz CT molecular complexity index is 1150. The second kappa shape index (κ2) is 12.5. The normalized spacial score (nSPS) is 16.6. The summed E-state index contributed by atoms with van der Waals surface area (Å²) in [6.45, 7) is 11.6. The molecule has 0 saturated carbocycles. The number of aryl methyl sites for hydroxylation is 1. The second-order valence-electron chi connectivity index (χ2n) is 10.6. The fraction of sp³-hybridized carbons (Fsp3) is 0.500. The first-order chi connectivity index (χ1) is 16.7. The Morgan fingerprint density at radius 1 is 1.09 bits per heavy atom.